The van der Waals surface area contributed by atoms with Crippen LogP contribution in [0.5, 0.6) is 0 Å². The number of halogens is 1. The highest BCUT2D eigenvalue weighted by atomic mass is 19.3. The van der Waals surface area contributed by atoms with Crippen molar-refractivity contribution in [1.29, 1.82) is 0 Å². The number of carbonyl (C=O) groups is 1. The fraction of sp³-hybridized carbons (Fsp3) is 0.500. The first-order chi connectivity index (χ1) is 4.22. The van der Waals surface area contributed by atoms with Gasteiger partial charge in [-0.3, -0.25) is 0 Å². The highest BCUT2D eigenvalue weighted by molar-refractivity contribution is 5.87. The van der Waals surface area contributed by atoms with E-state index in [0.29, 0.717) is 6.42 Å². The molecular weight excluding hydrogens is 123 g/mol. The van der Waals surface area contributed by atoms with Crippen molar-refractivity contribution < 1.29 is 14.3 Å². The molecule has 0 fully saturated rings. The smallest absolute Gasteiger partial charge is 0.250 e. The van der Waals surface area contributed by atoms with Gasteiger partial charge in [0.1, 0.15) is 0 Å². The van der Waals surface area contributed by atoms with Crippen LogP contribution in [0.1, 0.15) is 19.8 Å². The van der Waals surface area contributed by atoms with Crippen LogP contribution in [0.25, 0.3) is 0 Å². The Morgan fingerprint density at radius 3 is 2.67 bits per heavy atom. The number of carbonyl (C=O) groups excluding carboxylic acids is 1. The van der Waals surface area contributed by atoms with Crippen LogP contribution < -0.4 is 0 Å². The van der Waals surface area contributed by atoms with E-state index in [-0.39, 0.29) is 5.57 Å². The Hall–Kier alpha value is -0.860. The number of hydrogen-bond acceptors (Lipinski definition) is 2. The van der Waals surface area contributed by atoms with E-state index >= 15 is 0 Å². The standard InChI is InChI=1S/C6H9FO2/c1-3-4-5(2)6(8)9-7/h2-4H2,1H3. The fourth-order valence-electron chi connectivity index (χ4n) is 0.458. The van der Waals surface area contributed by atoms with Crippen LogP contribution in [-0.4, -0.2) is 5.97 Å². The minimum Gasteiger partial charge on any atom is -0.250 e. The van der Waals surface area contributed by atoms with Gasteiger partial charge in [-0.05, 0) is 6.42 Å². The molecule has 0 N–H and O–H groups in total. The molecule has 0 saturated carbocycles. The zero-order valence-electron chi connectivity index (χ0n) is 5.32. The molecule has 2 nitrogen and oxygen atoms in total. The number of hydrogen-bond donors (Lipinski definition) is 0. The van der Waals surface area contributed by atoms with Gasteiger partial charge < -0.3 is 0 Å². The quantitative estimate of drug-likeness (QED) is 0.547. The molecule has 0 unspecified atom stereocenters. The van der Waals surface area contributed by atoms with E-state index in [1.54, 1.807) is 0 Å². The summed E-state index contributed by atoms with van der Waals surface area (Å²) in [5, 5.41) is 0. The van der Waals surface area contributed by atoms with Crippen molar-refractivity contribution in [2.24, 2.45) is 0 Å². The second-order valence-corrected chi connectivity index (χ2v) is 1.72. The van der Waals surface area contributed by atoms with E-state index < -0.39 is 5.97 Å². The maximum Gasteiger partial charge on any atom is 0.374 e. The molecule has 3 heteroatoms. The van der Waals surface area contributed by atoms with Crippen molar-refractivity contribution in [2.45, 2.75) is 19.8 Å². The summed E-state index contributed by atoms with van der Waals surface area (Å²) < 4.78 is 11.1. The lowest BCUT2D eigenvalue weighted by molar-refractivity contribution is -0.178. The fourth-order valence-corrected chi connectivity index (χ4v) is 0.458. The molecule has 0 rings (SSSR count). The molecular formula is C6H9FO2. The van der Waals surface area contributed by atoms with Crippen LogP contribution in [-0.2, 0) is 9.74 Å². The van der Waals surface area contributed by atoms with Gasteiger partial charge in [-0.1, -0.05) is 19.9 Å². The molecule has 0 bridgehead atoms. The Morgan fingerprint density at radius 2 is 2.33 bits per heavy atom. The highest BCUT2D eigenvalue weighted by Gasteiger charge is 2.06. The predicted molar refractivity (Wildman–Crippen MR) is 31.2 cm³/mol. The molecule has 0 atom stereocenters. The van der Waals surface area contributed by atoms with Crippen LogP contribution >= 0.6 is 0 Å². The Bertz CT molecular complexity index is 120. The van der Waals surface area contributed by atoms with Crippen molar-refractivity contribution in [3.63, 3.8) is 0 Å². The van der Waals surface area contributed by atoms with Gasteiger partial charge in [-0.15, -0.1) is 0 Å². The third-order valence-electron chi connectivity index (χ3n) is 0.911. The third-order valence-corrected chi connectivity index (χ3v) is 0.911. The highest BCUT2D eigenvalue weighted by Crippen LogP contribution is 2.03. The lowest BCUT2D eigenvalue weighted by Crippen LogP contribution is -2.00. The number of rotatable bonds is 3. The molecule has 0 radical (unpaired) electrons. The van der Waals surface area contributed by atoms with E-state index in [4.69, 9.17) is 0 Å². The monoisotopic (exact) mass is 132 g/mol. The molecule has 0 aliphatic rings. The van der Waals surface area contributed by atoms with Crippen molar-refractivity contribution in [3.8, 4) is 0 Å². The van der Waals surface area contributed by atoms with E-state index in [0.717, 1.165) is 6.42 Å². The van der Waals surface area contributed by atoms with Gasteiger partial charge >= 0.3 is 5.97 Å². The second-order valence-electron chi connectivity index (χ2n) is 1.72. The maximum atomic E-state index is 11.1. The Kier molecular flexibility index (Phi) is 3.67. The summed E-state index contributed by atoms with van der Waals surface area (Å²) in [6.07, 6.45) is 1.26. The second kappa shape index (κ2) is 4.06. The lowest BCUT2D eigenvalue weighted by Gasteiger charge is -1.94. The minimum atomic E-state index is -0.961. The first-order valence-corrected chi connectivity index (χ1v) is 2.73. The first-order valence-electron chi connectivity index (χ1n) is 2.73. The van der Waals surface area contributed by atoms with E-state index in [1.807, 2.05) is 6.92 Å². The van der Waals surface area contributed by atoms with E-state index in [9.17, 15) is 9.32 Å². The van der Waals surface area contributed by atoms with Crippen molar-refractivity contribution in [1.82, 2.24) is 0 Å². The molecule has 0 spiro atoms. The molecule has 0 aromatic rings. The summed E-state index contributed by atoms with van der Waals surface area (Å²) in [6, 6.07) is 0. The van der Waals surface area contributed by atoms with Gasteiger partial charge in [0, 0.05) is 10.1 Å². The lowest BCUT2D eigenvalue weighted by atomic mass is 10.2. The summed E-state index contributed by atoms with van der Waals surface area (Å²) in [4.78, 5) is 13.1. The van der Waals surface area contributed by atoms with Gasteiger partial charge in [-0.25, -0.2) is 9.74 Å². The average Bonchev–Trinajstić information content (AvgIpc) is 1.87. The Balaban J connectivity index is 3.60. The predicted octanol–water partition coefficient (Wildman–Crippen LogP) is 1.77. The zero-order chi connectivity index (χ0) is 7.28. The van der Waals surface area contributed by atoms with Crippen LogP contribution in [0.3, 0.4) is 0 Å². The molecule has 0 aromatic heterocycles. The molecule has 52 valence electrons. The van der Waals surface area contributed by atoms with Gasteiger partial charge in [-0.2, -0.15) is 0 Å². The van der Waals surface area contributed by atoms with Crippen LogP contribution in [0.4, 0.5) is 4.53 Å². The third kappa shape index (κ3) is 2.85. The summed E-state index contributed by atoms with van der Waals surface area (Å²) in [5.41, 5.74) is 0.181. The topological polar surface area (TPSA) is 26.3 Å². The molecule has 0 aliphatic heterocycles. The maximum absolute atomic E-state index is 11.1. The summed E-state index contributed by atoms with van der Waals surface area (Å²) >= 11 is 0. The van der Waals surface area contributed by atoms with Crippen molar-refractivity contribution in [3.05, 3.63) is 12.2 Å². The Labute approximate surface area is 53.2 Å². The van der Waals surface area contributed by atoms with Crippen molar-refractivity contribution >= 4 is 5.97 Å². The van der Waals surface area contributed by atoms with Crippen LogP contribution in [0.2, 0.25) is 0 Å². The first kappa shape index (κ1) is 8.14. The molecule has 9 heavy (non-hydrogen) atoms. The average molecular weight is 132 g/mol. The van der Waals surface area contributed by atoms with Gasteiger partial charge in [0.15, 0.2) is 0 Å². The summed E-state index contributed by atoms with van der Waals surface area (Å²) in [6.45, 7) is 5.17. The van der Waals surface area contributed by atoms with E-state index in [1.165, 1.54) is 0 Å². The summed E-state index contributed by atoms with van der Waals surface area (Å²) in [7, 11) is 0. The zero-order valence-corrected chi connectivity index (χ0v) is 5.32. The normalized spacial score (nSPS) is 8.67. The van der Waals surface area contributed by atoms with Gasteiger partial charge in [0.25, 0.3) is 0 Å². The Morgan fingerprint density at radius 1 is 1.78 bits per heavy atom. The molecule has 0 aromatic carbocycles. The largest absolute Gasteiger partial charge is 0.374 e. The molecule has 0 amide bonds. The van der Waals surface area contributed by atoms with Gasteiger partial charge in [0.05, 0.1) is 0 Å². The minimum absolute atomic E-state index is 0.181. The molecule has 0 heterocycles. The van der Waals surface area contributed by atoms with Crippen molar-refractivity contribution in [2.75, 3.05) is 0 Å². The molecule has 0 saturated heterocycles. The SMILES string of the molecule is C=C(CCC)C(=O)OF. The summed E-state index contributed by atoms with van der Waals surface area (Å²) in [5.74, 6) is -0.961. The van der Waals surface area contributed by atoms with Crippen LogP contribution in [0.15, 0.2) is 12.2 Å². The van der Waals surface area contributed by atoms with E-state index in [2.05, 4.69) is 11.5 Å². The van der Waals surface area contributed by atoms with Crippen LogP contribution in [0, 0.1) is 0 Å². The van der Waals surface area contributed by atoms with Gasteiger partial charge in [0.2, 0.25) is 0 Å². The molecule has 0 aliphatic carbocycles.